The van der Waals surface area contributed by atoms with E-state index in [1.807, 2.05) is 19.1 Å². The van der Waals surface area contributed by atoms with Gasteiger partial charge in [0.1, 0.15) is 11.5 Å². The van der Waals surface area contributed by atoms with Crippen LogP contribution in [0.5, 0.6) is 11.5 Å². The molecule has 0 heterocycles. The van der Waals surface area contributed by atoms with Crippen LogP contribution in [-0.2, 0) is 32.0 Å². The molecule has 1 unspecified atom stereocenters. The predicted octanol–water partition coefficient (Wildman–Crippen LogP) is 6.74. The number of esters is 3. The Kier molecular flexibility index (Phi) is 8.49. The van der Waals surface area contributed by atoms with Gasteiger partial charge in [0.05, 0.1) is 6.61 Å². The van der Waals surface area contributed by atoms with Crippen LogP contribution in [0.3, 0.4) is 0 Å². The van der Waals surface area contributed by atoms with Crippen LogP contribution < -0.4 is 9.47 Å². The Bertz CT molecular complexity index is 1500. The van der Waals surface area contributed by atoms with Crippen molar-refractivity contribution in [2.75, 3.05) is 6.61 Å². The van der Waals surface area contributed by atoms with E-state index in [0.717, 1.165) is 40.7 Å². The quantitative estimate of drug-likeness (QED) is 0.171. The molecule has 1 aliphatic carbocycles. The fraction of sp³-hybridized carbons (Fsp3) is 0.206. The highest BCUT2D eigenvalue weighted by atomic mass is 16.5. The first-order valence-electron chi connectivity index (χ1n) is 13.0. The standard InChI is InChI=1S/C34H32O6/c1-7-32(35)38-19-23-13-25-8-9-26(15-27(25)14-23)24-10-11-31(22(6)12-24)28-16-29(39-33(36)20(2)3)18-30(17-28)40-34(37)21(4)5/h7-12,15-18,23H,1-2,4,13-14,19H2,3,5-6H3. The first kappa shape index (κ1) is 28.3. The zero-order valence-electron chi connectivity index (χ0n) is 23.0. The van der Waals surface area contributed by atoms with E-state index in [4.69, 9.17) is 14.2 Å². The maximum Gasteiger partial charge on any atom is 0.338 e. The van der Waals surface area contributed by atoms with Crippen molar-refractivity contribution in [1.29, 1.82) is 0 Å². The maximum atomic E-state index is 12.2. The first-order valence-corrected chi connectivity index (χ1v) is 13.0. The Morgan fingerprint density at radius 1 is 0.800 bits per heavy atom. The molecule has 0 N–H and O–H groups in total. The van der Waals surface area contributed by atoms with Gasteiger partial charge in [0.15, 0.2) is 0 Å². The molecule has 204 valence electrons. The summed E-state index contributed by atoms with van der Waals surface area (Å²) in [7, 11) is 0. The van der Waals surface area contributed by atoms with E-state index >= 15 is 0 Å². The molecule has 3 aromatic rings. The van der Waals surface area contributed by atoms with Crippen LogP contribution in [0.15, 0.2) is 91.6 Å². The van der Waals surface area contributed by atoms with E-state index in [1.54, 1.807) is 26.0 Å². The third-order valence-corrected chi connectivity index (χ3v) is 6.72. The van der Waals surface area contributed by atoms with Crippen molar-refractivity contribution in [3.8, 4) is 33.8 Å². The number of benzene rings is 3. The van der Waals surface area contributed by atoms with Gasteiger partial charge < -0.3 is 14.2 Å². The number of carbonyl (C=O) groups excluding carboxylic acids is 3. The van der Waals surface area contributed by atoms with E-state index in [2.05, 4.69) is 44.0 Å². The highest BCUT2D eigenvalue weighted by molar-refractivity contribution is 5.90. The Morgan fingerprint density at radius 2 is 1.38 bits per heavy atom. The lowest BCUT2D eigenvalue weighted by Crippen LogP contribution is -2.12. The van der Waals surface area contributed by atoms with Crippen LogP contribution >= 0.6 is 0 Å². The molecule has 4 rings (SSSR count). The van der Waals surface area contributed by atoms with Gasteiger partial charge in [0, 0.05) is 29.2 Å². The summed E-state index contributed by atoms with van der Waals surface area (Å²) in [6.45, 7) is 16.2. The van der Waals surface area contributed by atoms with E-state index < -0.39 is 17.9 Å². The Labute approximate surface area is 234 Å². The molecule has 3 aromatic carbocycles. The lowest BCUT2D eigenvalue weighted by molar-refractivity contribution is -0.139. The lowest BCUT2D eigenvalue weighted by Gasteiger charge is -2.14. The minimum atomic E-state index is -0.570. The van der Waals surface area contributed by atoms with Crippen molar-refractivity contribution >= 4 is 17.9 Å². The average molecular weight is 537 g/mol. The van der Waals surface area contributed by atoms with Crippen molar-refractivity contribution in [3.05, 3.63) is 108 Å². The average Bonchev–Trinajstić information content (AvgIpc) is 3.33. The van der Waals surface area contributed by atoms with Gasteiger partial charge >= 0.3 is 17.9 Å². The third kappa shape index (κ3) is 6.64. The summed E-state index contributed by atoms with van der Waals surface area (Å²) in [6.07, 6.45) is 2.92. The summed E-state index contributed by atoms with van der Waals surface area (Å²) in [6, 6.07) is 17.5. The molecule has 40 heavy (non-hydrogen) atoms. The second-order valence-corrected chi connectivity index (χ2v) is 10.2. The van der Waals surface area contributed by atoms with Gasteiger partial charge in [-0.2, -0.15) is 0 Å². The minimum absolute atomic E-state index is 0.241. The molecule has 0 saturated heterocycles. The van der Waals surface area contributed by atoms with Gasteiger partial charge in [0.2, 0.25) is 0 Å². The molecule has 1 aliphatic rings. The second-order valence-electron chi connectivity index (χ2n) is 10.2. The monoisotopic (exact) mass is 536 g/mol. The first-order chi connectivity index (χ1) is 19.0. The van der Waals surface area contributed by atoms with E-state index in [1.165, 1.54) is 23.3 Å². The molecule has 0 saturated carbocycles. The molecular weight excluding hydrogens is 504 g/mol. The molecule has 0 fully saturated rings. The van der Waals surface area contributed by atoms with E-state index in [0.29, 0.717) is 6.61 Å². The predicted molar refractivity (Wildman–Crippen MR) is 155 cm³/mol. The highest BCUT2D eigenvalue weighted by Gasteiger charge is 2.23. The number of aryl methyl sites for hydroxylation is 1. The second kappa shape index (κ2) is 12.0. The molecule has 0 spiro atoms. The van der Waals surface area contributed by atoms with Crippen molar-refractivity contribution in [2.45, 2.75) is 33.6 Å². The van der Waals surface area contributed by atoms with Crippen LogP contribution in [0, 0.1) is 12.8 Å². The molecule has 6 nitrogen and oxygen atoms in total. The van der Waals surface area contributed by atoms with Crippen molar-refractivity contribution in [3.63, 3.8) is 0 Å². The van der Waals surface area contributed by atoms with Crippen molar-refractivity contribution in [1.82, 2.24) is 0 Å². The number of hydrogen-bond donors (Lipinski definition) is 0. The fourth-order valence-electron chi connectivity index (χ4n) is 4.67. The maximum absolute atomic E-state index is 12.2. The molecule has 6 heteroatoms. The van der Waals surface area contributed by atoms with Crippen molar-refractivity contribution < 1.29 is 28.6 Å². The van der Waals surface area contributed by atoms with Crippen LogP contribution in [0.4, 0.5) is 0 Å². The van der Waals surface area contributed by atoms with Crippen LogP contribution in [0.2, 0.25) is 0 Å². The zero-order valence-corrected chi connectivity index (χ0v) is 23.0. The largest absolute Gasteiger partial charge is 0.462 e. The normalized spacial score (nSPS) is 13.6. The van der Waals surface area contributed by atoms with E-state index in [9.17, 15) is 14.4 Å². The molecule has 0 radical (unpaired) electrons. The fourth-order valence-corrected chi connectivity index (χ4v) is 4.67. The van der Waals surface area contributed by atoms with Crippen LogP contribution in [0.1, 0.15) is 30.5 Å². The summed E-state index contributed by atoms with van der Waals surface area (Å²) in [5, 5.41) is 0. The Balaban J connectivity index is 1.61. The van der Waals surface area contributed by atoms with Gasteiger partial charge in [-0.15, -0.1) is 0 Å². The number of fused-ring (bicyclic) bond motifs is 1. The topological polar surface area (TPSA) is 78.9 Å². The highest BCUT2D eigenvalue weighted by Crippen LogP contribution is 2.36. The molecule has 0 amide bonds. The Morgan fingerprint density at radius 3 is 1.95 bits per heavy atom. The van der Waals surface area contributed by atoms with Crippen LogP contribution in [-0.4, -0.2) is 24.5 Å². The molecule has 0 aliphatic heterocycles. The molecular formula is C34H32O6. The van der Waals surface area contributed by atoms with Gasteiger partial charge in [0.25, 0.3) is 0 Å². The third-order valence-electron chi connectivity index (χ3n) is 6.72. The van der Waals surface area contributed by atoms with Gasteiger partial charge in [-0.05, 0) is 84.7 Å². The van der Waals surface area contributed by atoms with Gasteiger partial charge in [-0.25, -0.2) is 14.4 Å². The minimum Gasteiger partial charge on any atom is -0.462 e. The zero-order chi connectivity index (χ0) is 29.0. The summed E-state index contributed by atoms with van der Waals surface area (Å²) in [4.78, 5) is 35.8. The van der Waals surface area contributed by atoms with Crippen molar-refractivity contribution in [2.24, 2.45) is 5.92 Å². The number of ether oxygens (including phenoxy) is 3. The number of hydrogen-bond acceptors (Lipinski definition) is 6. The summed E-state index contributed by atoms with van der Waals surface area (Å²) < 4.78 is 16.2. The smallest absolute Gasteiger partial charge is 0.338 e. The summed E-state index contributed by atoms with van der Waals surface area (Å²) >= 11 is 0. The Hall–Kier alpha value is -4.71. The van der Waals surface area contributed by atoms with Crippen LogP contribution in [0.25, 0.3) is 22.3 Å². The molecule has 1 atom stereocenters. The number of rotatable bonds is 9. The number of carbonyl (C=O) groups is 3. The molecule has 0 aromatic heterocycles. The van der Waals surface area contributed by atoms with Gasteiger partial charge in [-0.1, -0.05) is 56.1 Å². The lowest BCUT2D eigenvalue weighted by atomic mass is 9.94. The summed E-state index contributed by atoms with van der Waals surface area (Å²) in [5.74, 6) is -0.792. The SMILES string of the molecule is C=CC(=O)OCC1Cc2ccc(-c3ccc(-c4cc(OC(=O)C(=C)C)cc(OC(=O)C(=C)C)c4)c(C)c3)cc2C1. The summed E-state index contributed by atoms with van der Waals surface area (Å²) in [5.41, 5.74) is 7.81. The van der Waals surface area contributed by atoms with Gasteiger partial charge in [-0.3, -0.25) is 0 Å². The van der Waals surface area contributed by atoms with E-state index in [-0.39, 0.29) is 28.6 Å². The molecule has 0 bridgehead atoms.